The van der Waals surface area contributed by atoms with Gasteiger partial charge in [-0.25, -0.2) is 0 Å². The zero-order chi connectivity index (χ0) is 14.7. The van der Waals surface area contributed by atoms with Crippen molar-refractivity contribution in [1.29, 1.82) is 0 Å². The van der Waals surface area contributed by atoms with Crippen LogP contribution in [-0.2, 0) is 4.79 Å². The molecule has 1 saturated carbocycles. The Hall–Kier alpha value is -1.55. The molecule has 2 N–H and O–H groups in total. The first-order valence-corrected chi connectivity index (χ1v) is 8.00. The lowest BCUT2D eigenvalue weighted by Gasteiger charge is -2.42. The predicted molar refractivity (Wildman–Crippen MR) is 82.5 cm³/mol. The van der Waals surface area contributed by atoms with Crippen LogP contribution in [0.3, 0.4) is 0 Å². The minimum atomic E-state index is -0.0284. The Bertz CT molecular complexity index is 519. The fraction of sp³-hybridized carbons (Fsp3) is 0.588. The molecule has 1 aliphatic carbocycles. The number of amides is 1. The van der Waals surface area contributed by atoms with Gasteiger partial charge in [0, 0.05) is 11.6 Å². The third-order valence-corrected chi connectivity index (χ3v) is 4.89. The number of piperidine rings is 1. The van der Waals surface area contributed by atoms with Crippen LogP contribution in [0.4, 0.5) is 0 Å². The highest BCUT2D eigenvalue weighted by atomic mass is 16.3. The van der Waals surface area contributed by atoms with Crippen LogP contribution in [0.1, 0.15) is 43.4 Å². The minimum Gasteiger partial charge on any atom is -0.469 e. The van der Waals surface area contributed by atoms with E-state index in [-0.39, 0.29) is 12.1 Å². The van der Waals surface area contributed by atoms with Gasteiger partial charge >= 0.3 is 0 Å². The molecule has 1 aromatic rings. The Morgan fingerprint density at radius 1 is 1.38 bits per heavy atom. The van der Waals surface area contributed by atoms with Gasteiger partial charge in [0.05, 0.1) is 12.4 Å². The Labute approximate surface area is 126 Å². The molecule has 3 atom stereocenters. The molecule has 0 bridgehead atoms. The van der Waals surface area contributed by atoms with Gasteiger partial charge in [-0.1, -0.05) is 19.3 Å². The quantitative estimate of drug-likeness (QED) is 0.841. The van der Waals surface area contributed by atoms with E-state index in [2.05, 4.69) is 10.6 Å². The lowest BCUT2D eigenvalue weighted by molar-refractivity contribution is -0.118. The van der Waals surface area contributed by atoms with Gasteiger partial charge in [0.15, 0.2) is 0 Å². The topological polar surface area (TPSA) is 54.3 Å². The van der Waals surface area contributed by atoms with Crippen molar-refractivity contribution in [2.45, 2.75) is 45.2 Å². The van der Waals surface area contributed by atoms with Crippen LogP contribution < -0.4 is 10.6 Å². The number of fused-ring (bicyclic) bond motifs is 1. The molecule has 4 heteroatoms. The third-order valence-electron chi connectivity index (χ3n) is 4.89. The zero-order valence-electron chi connectivity index (χ0n) is 12.6. The molecule has 21 heavy (non-hydrogen) atoms. The summed E-state index contributed by atoms with van der Waals surface area (Å²) in [4.78, 5) is 12.1. The van der Waals surface area contributed by atoms with E-state index < -0.39 is 0 Å². The molecule has 3 unspecified atom stereocenters. The predicted octanol–water partition coefficient (Wildman–Crippen LogP) is 2.84. The molecule has 1 amide bonds. The van der Waals surface area contributed by atoms with Crippen molar-refractivity contribution in [1.82, 2.24) is 10.6 Å². The first-order valence-electron chi connectivity index (χ1n) is 8.00. The minimum absolute atomic E-state index is 0.0284. The van der Waals surface area contributed by atoms with Crippen molar-refractivity contribution in [3.63, 3.8) is 0 Å². The van der Waals surface area contributed by atoms with Crippen molar-refractivity contribution in [3.8, 4) is 0 Å². The molecule has 2 fully saturated rings. The summed E-state index contributed by atoms with van der Waals surface area (Å²) in [6, 6.07) is 1.87. The number of aryl methyl sites for hydroxylation is 1. The van der Waals surface area contributed by atoms with E-state index in [1.807, 2.05) is 19.1 Å². The normalized spacial score (nSPS) is 29.3. The average molecular weight is 288 g/mol. The van der Waals surface area contributed by atoms with Crippen molar-refractivity contribution in [3.05, 3.63) is 29.7 Å². The maximum Gasteiger partial charge on any atom is 0.245 e. The summed E-state index contributed by atoms with van der Waals surface area (Å²) in [5.74, 6) is 2.19. The number of carbonyl (C=O) groups is 1. The SMILES string of the molecule is Cc1occc1/C=C/C(=O)NC1NCCC2CCCCC21. The first kappa shape index (κ1) is 14.4. The van der Waals surface area contributed by atoms with Crippen LogP contribution in [0.25, 0.3) is 6.08 Å². The monoisotopic (exact) mass is 288 g/mol. The van der Waals surface area contributed by atoms with E-state index in [1.54, 1.807) is 12.3 Å². The Balaban J connectivity index is 1.59. The third kappa shape index (κ3) is 3.38. The second-order valence-electron chi connectivity index (χ2n) is 6.20. The fourth-order valence-corrected chi connectivity index (χ4v) is 3.70. The number of nitrogens with one attached hydrogen (secondary N) is 2. The average Bonchev–Trinajstić information content (AvgIpc) is 2.91. The second kappa shape index (κ2) is 6.48. The largest absolute Gasteiger partial charge is 0.469 e. The van der Waals surface area contributed by atoms with Gasteiger partial charge in [0.1, 0.15) is 5.76 Å². The molecule has 114 valence electrons. The van der Waals surface area contributed by atoms with Crippen LogP contribution in [-0.4, -0.2) is 18.6 Å². The maximum atomic E-state index is 12.1. The van der Waals surface area contributed by atoms with Gasteiger partial charge in [-0.15, -0.1) is 0 Å². The summed E-state index contributed by atoms with van der Waals surface area (Å²) < 4.78 is 5.22. The summed E-state index contributed by atoms with van der Waals surface area (Å²) in [6.45, 7) is 2.91. The molecule has 1 aliphatic heterocycles. The molecule has 0 radical (unpaired) electrons. The zero-order valence-corrected chi connectivity index (χ0v) is 12.6. The van der Waals surface area contributed by atoms with Crippen molar-refractivity contribution < 1.29 is 9.21 Å². The second-order valence-corrected chi connectivity index (χ2v) is 6.20. The van der Waals surface area contributed by atoms with Gasteiger partial charge in [-0.05, 0) is 50.3 Å². The Morgan fingerprint density at radius 2 is 2.24 bits per heavy atom. The molecule has 0 aromatic carbocycles. The maximum absolute atomic E-state index is 12.1. The number of hydrogen-bond donors (Lipinski definition) is 2. The lowest BCUT2D eigenvalue weighted by atomic mass is 9.74. The molecule has 0 spiro atoms. The highest BCUT2D eigenvalue weighted by molar-refractivity contribution is 5.92. The summed E-state index contributed by atoms with van der Waals surface area (Å²) in [6.07, 6.45) is 11.6. The number of rotatable bonds is 3. The number of furan rings is 1. The van der Waals surface area contributed by atoms with Gasteiger partial charge in [0.2, 0.25) is 5.91 Å². The van der Waals surface area contributed by atoms with Crippen molar-refractivity contribution >= 4 is 12.0 Å². The van der Waals surface area contributed by atoms with Gasteiger partial charge in [-0.3, -0.25) is 10.1 Å². The van der Waals surface area contributed by atoms with E-state index in [0.29, 0.717) is 5.92 Å². The van der Waals surface area contributed by atoms with E-state index in [1.165, 1.54) is 32.1 Å². The molecule has 2 aliphatic rings. The Morgan fingerprint density at radius 3 is 3.05 bits per heavy atom. The molecular formula is C17H24N2O2. The standard InChI is InChI=1S/C17H24N2O2/c1-12-13(9-11-21-12)6-7-16(20)19-17-15-5-3-2-4-14(15)8-10-18-17/h6-7,9,11,14-15,17-18H,2-5,8,10H2,1H3,(H,19,20)/b7-6+. The summed E-state index contributed by atoms with van der Waals surface area (Å²) >= 11 is 0. The molecule has 1 aromatic heterocycles. The fourth-order valence-electron chi connectivity index (χ4n) is 3.70. The summed E-state index contributed by atoms with van der Waals surface area (Å²) in [5.41, 5.74) is 0.956. The van der Waals surface area contributed by atoms with Gasteiger partial charge < -0.3 is 9.73 Å². The summed E-state index contributed by atoms with van der Waals surface area (Å²) in [5, 5.41) is 6.60. The van der Waals surface area contributed by atoms with Crippen molar-refractivity contribution in [2.75, 3.05) is 6.54 Å². The number of carbonyl (C=O) groups excluding carboxylic acids is 1. The molecule has 1 saturated heterocycles. The van der Waals surface area contributed by atoms with Crippen LogP contribution in [0.5, 0.6) is 0 Å². The van der Waals surface area contributed by atoms with E-state index in [4.69, 9.17) is 4.42 Å². The van der Waals surface area contributed by atoms with E-state index in [0.717, 1.165) is 23.8 Å². The van der Waals surface area contributed by atoms with Crippen LogP contribution in [0.15, 0.2) is 22.8 Å². The molecule has 4 nitrogen and oxygen atoms in total. The van der Waals surface area contributed by atoms with E-state index >= 15 is 0 Å². The van der Waals surface area contributed by atoms with Gasteiger partial charge in [-0.2, -0.15) is 0 Å². The number of hydrogen-bond acceptors (Lipinski definition) is 3. The van der Waals surface area contributed by atoms with Crippen LogP contribution in [0, 0.1) is 18.8 Å². The van der Waals surface area contributed by atoms with Gasteiger partial charge in [0.25, 0.3) is 0 Å². The van der Waals surface area contributed by atoms with Crippen LogP contribution in [0.2, 0.25) is 0 Å². The lowest BCUT2D eigenvalue weighted by Crippen LogP contribution is -2.56. The Kier molecular flexibility index (Phi) is 4.44. The van der Waals surface area contributed by atoms with Crippen LogP contribution >= 0.6 is 0 Å². The van der Waals surface area contributed by atoms with Crippen molar-refractivity contribution in [2.24, 2.45) is 11.8 Å². The highest BCUT2D eigenvalue weighted by Gasteiger charge is 2.35. The molecule has 2 heterocycles. The molecule has 3 rings (SSSR count). The highest BCUT2D eigenvalue weighted by Crippen LogP contribution is 2.35. The molecular weight excluding hydrogens is 264 g/mol. The smallest absolute Gasteiger partial charge is 0.245 e. The first-order chi connectivity index (χ1) is 10.2. The summed E-state index contributed by atoms with van der Waals surface area (Å²) in [7, 11) is 0. The van der Waals surface area contributed by atoms with E-state index in [9.17, 15) is 4.79 Å².